The summed E-state index contributed by atoms with van der Waals surface area (Å²) >= 11 is 1.70. The second-order valence-electron chi connectivity index (χ2n) is 5.03. The maximum atomic E-state index is 11.4. The molecule has 0 aromatic rings. The SMILES string of the molecule is O=C(O)C1=CC2=COC3=C(CCC=C3)SC2C=C1CCO. The molecule has 2 aliphatic carbocycles. The van der Waals surface area contributed by atoms with E-state index in [-0.39, 0.29) is 17.4 Å². The zero-order valence-electron chi connectivity index (χ0n) is 11.4. The van der Waals surface area contributed by atoms with Gasteiger partial charge < -0.3 is 14.9 Å². The molecule has 0 radical (unpaired) electrons. The van der Waals surface area contributed by atoms with Crippen LogP contribution in [0, 0.1) is 0 Å². The van der Waals surface area contributed by atoms with Crippen LogP contribution in [0.5, 0.6) is 0 Å². The number of aliphatic hydroxyl groups excluding tert-OH is 1. The third-order valence-corrected chi connectivity index (χ3v) is 4.97. The molecule has 0 aromatic heterocycles. The lowest BCUT2D eigenvalue weighted by Gasteiger charge is -2.21. The van der Waals surface area contributed by atoms with Crippen LogP contribution >= 0.6 is 11.8 Å². The number of aliphatic carboxylic acids is 1. The van der Waals surface area contributed by atoms with Gasteiger partial charge in [0, 0.05) is 17.1 Å². The zero-order valence-corrected chi connectivity index (χ0v) is 12.2. The molecule has 5 heteroatoms. The van der Waals surface area contributed by atoms with Crippen LogP contribution in [0.2, 0.25) is 0 Å². The first-order valence-corrected chi connectivity index (χ1v) is 7.77. The first-order valence-electron chi connectivity index (χ1n) is 6.89. The Kier molecular flexibility index (Phi) is 4.03. The third-order valence-electron chi connectivity index (χ3n) is 3.62. The number of allylic oxidation sites excluding steroid dienone is 4. The molecule has 0 aromatic carbocycles. The van der Waals surface area contributed by atoms with Crippen LogP contribution in [0.25, 0.3) is 0 Å². The summed E-state index contributed by atoms with van der Waals surface area (Å²) < 4.78 is 5.69. The number of carboxylic acid groups (broad SMARTS) is 1. The summed E-state index contributed by atoms with van der Waals surface area (Å²) in [6, 6.07) is 0. The number of carboxylic acids is 1. The summed E-state index contributed by atoms with van der Waals surface area (Å²) in [5.41, 5.74) is 1.78. The van der Waals surface area contributed by atoms with Crippen molar-refractivity contribution in [2.45, 2.75) is 24.5 Å². The van der Waals surface area contributed by atoms with Gasteiger partial charge in [-0.05, 0) is 37.0 Å². The van der Waals surface area contributed by atoms with Crippen molar-refractivity contribution in [1.82, 2.24) is 0 Å². The molecule has 0 saturated heterocycles. The Bertz CT molecular complexity index is 622. The molecule has 1 atom stereocenters. The van der Waals surface area contributed by atoms with Crippen LogP contribution in [0.15, 0.2) is 57.9 Å². The molecule has 2 N–H and O–H groups in total. The van der Waals surface area contributed by atoms with E-state index >= 15 is 0 Å². The molecule has 0 bridgehead atoms. The molecule has 3 aliphatic rings. The van der Waals surface area contributed by atoms with Gasteiger partial charge in [-0.15, -0.1) is 11.8 Å². The van der Waals surface area contributed by atoms with Gasteiger partial charge in [-0.3, -0.25) is 0 Å². The molecule has 3 rings (SSSR count). The van der Waals surface area contributed by atoms with E-state index in [1.165, 1.54) is 4.91 Å². The van der Waals surface area contributed by atoms with Gasteiger partial charge in [0.25, 0.3) is 0 Å². The molecule has 0 fully saturated rings. The number of thioether (sulfide) groups is 1. The van der Waals surface area contributed by atoms with E-state index in [2.05, 4.69) is 6.08 Å². The van der Waals surface area contributed by atoms with E-state index in [1.807, 2.05) is 12.2 Å². The van der Waals surface area contributed by atoms with Crippen molar-refractivity contribution in [3.8, 4) is 0 Å². The Morgan fingerprint density at radius 2 is 2.33 bits per heavy atom. The zero-order chi connectivity index (χ0) is 14.8. The van der Waals surface area contributed by atoms with Gasteiger partial charge in [0.2, 0.25) is 0 Å². The monoisotopic (exact) mass is 304 g/mol. The van der Waals surface area contributed by atoms with Crippen molar-refractivity contribution in [3.05, 3.63) is 57.9 Å². The van der Waals surface area contributed by atoms with Crippen molar-refractivity contribution >= 4 is 17.7 Å². The Morgan fingerprint density at radius 3 is 3.10 bits per heavy atom. The van der Waals surface area contributed by atoms with Gasteiger partial charge in [0.05, 0.1) is 17.1 Å². The van der Waals surface area contributed by atoms with E-state index in [0.29, 0.717) is 12.0 Å². The lowest BCUT2D eigenvalue weighted by atomic mass is 9.93. The summed E-state index contributed by atoms with van der Waals surface area (Å²) in [5.74, 6) is -0.114. The molecule has 110 valence electrons. The number of carbonyl (C=O) groups is 1. The highest BCUT2D eigenvalue weighted by Gasteiger charge is 2.28. The number of aliphatic hydroxyl groups is 1. The number of ether oxygens (including phenoxy) is 1. The number of hydrogen-bond donors (Lipinski definition) is 2. The molecule has 21 heavy (non-hydrogen) atoms. The maximum Gasteiger partial charge on any atom is 0.335 e. The van der Waals surface area contributed by atoms with Gasteiger partial charge in [-0.2, -0.15) is 0 Å². The lowest BCUT2D eigenvalue weighted by molar-refractivity contribution is -0.132. The first kappa shape index (κ1) is 14.2. The molecular formula is C16H16O4S. The molecule has 0 saturated carbocycles. The average molecular weight is 304 g/mol. The van der Waals surface area contributed by atoms with Crippen LogP contribution in [-0.2, 0) is 9.53 Å². The minimum atomic E-state index is -0.971. The summed E-state index contributed by atoms with van der Waals surface area (Å²) in [6.07, 6.45) is 11.6. The predicted molar refractivity (Wildman–Crippen MR) is 81.5 cm³/mol. The van der Waals surface area contributed by atoms with Crippen molar-refractivity contribution < 1.29 is 19.7 Å². The quantitative estimate of drug-likeness (QED) is 0.839. The lowest BCUT2D eigenvalue weighted by Crippen LogP contribution is -2.15. The number of fused-ring (bicyclic) bond motifs is 1. The Labute approximate surface area is 127 Å². The fraction of sp³-hybridized carbons (Fsp3) is 0.312. The first-order chi connectivity index (χ1) is 10.2. The van der Waals surface area contributed by atoms with Crippen LogP contribution in [0.3, 0.4) is 0 Å². The number of rotatable bonds is 3. The Hall–Kier alpha value is -1.72. The molecule has 1 aliphatic heterocycles. The second kappa shape index (κ2) is 5.95. The highest BCUT2D eigenvalue weighted by Crippen LogP contribution is 2.42. The van der Waals surface area contributed by atoms with Crippen LogP contribution in [0.1, 0.15) is 19.3 Å². The third kappa shape index (κ3) is 2.84. The van der Waals surface area contributed by atoms with Gasteiger partial charge in [0.1, 0.15) is 5.76 Å². The fourth-order valence-corrected chi connectivity index (χ4v) is 3.85. The van der Waals surface area contributed by atoms with Crippen molar-refractivity contribution in [3.63, 3.8) is 0 Å². The number of hydrogen-bond acceptors (Lipinski definition) is 4. The summed E-state index contributed by atoms with van der Waals surface area (Å²) in [6.45, 7) is -0.0555. The summed E-state index contributed by atoms with van der Waals surface area (Å²) in [7, 11) is 0. The highest BCUT2D eigenvalue weighted by atomic mass is 32.2. The van der Waals surface area contributed by atoms with Crippen LogP contribution in [0.4, 0.5) is 0 Å². The summed E-state index contributed by atoms with van der Waals surface area (Å²) in [4.78, 5) is 12.6. The van der Waals surface area contributed by atoms with Crippen molar-refractivity contribution in [1.29, 1.82) is 0 Å². The molecular weight excluding hydrogens is 288 g/mol. The molecule has 4 nitrogen and oxygen atoms in total. The topological polar surface area (TPSA) is 66.8 Å². The molecule has 0 spiro atoms. The van der Waals surface area contributed by atoms with E-state index in [4.69, 9.17) is 9.84 Å². The second-order valence-corrected chi connectivity index (χ2v) is 6.27. The summed E-state index contributed by atoms with van der Waals surface area (Å²) in [5, 5.41) is 18.5. The Morgan fingerprint density at radius 1 is 1.48 bits per heavy atom. The normalized spacial score (nSPS) is 24.0. The van der Waals surface area contributed by atoms with Crippen LogP contribution < -0.4 is 0 Å². The van der Waals surface area contributed by atoms with Gasteiger partial charge in [0.15, 0.2) is 0 Å². The Balaban J connectivity index is 1.95. The van der Waals surface area contributed by atoms with Gasteiger partial charge in [-0.25, -0.2) is 4.79 Å². The molecule has 1 unspecified atom stereocenters. The maximum absolute atomic E-state index is 11.4. The van der Waals surface area contributed by atoms with Gasteiger partial charge in [-0.1, -0.05) is 12.2 Å². The smallest absolute Gasteiger partial charge is 0.335 e. The predicted octanol–water partition coefficient (Wildman–Crippen LogP) is 2.90. The molecule has 1 heterocycles. The van der Waals surface area contributed by atoms with E-state index < -0.39 is 5.97 Å². The van der Waals surface area contributed by atoms with Crippen LogP contribution in [-0.4, -0.2) is 28.0 Å². The minimum absolute atomic E-state index is 0.0497. The van der Waals surface area contributed by atoms with Gasteiger partial charge >= 0.3 is 5.97 Å². The van der Waals surface area contributed by atoms with Crippen molar-refractivity contribution in [2.75, 3.05) is 6.61 Å². The van der Waals surface area contributed by atoms with Crippen molar-refractivity contribution in [2.24, 2.45) is 0 Å². The molecule has 0 amide bonds. The van der Waals surface area contributed by atoms with E-state index in [0.717, 1.165) is 24.2 Å². The minimum Gasteiger partial charge on any atom is -0.478 e. The standard InChI is InChI=1S/C16H16O4S/c17-6-5-10-8-15-11(7-12(10)16(18)19)9-20-13-3-1-2-4-14(13)21-15/h1,3,7-9,15,17H,2,4-6H2,(H,18,19). The average Bonchev–Trinajstić information content (AvgIpc) is 2.65. The van der Waals surface area contributed by atoms with E-state index in [9.17, 15) is 9.90 Å². The largest absolute Gasteiger partial charge is 0.478 e. The fourth-order valence-electron chi connectivity index (χ4n) is 2.58. The highest BCUT2D eigenvalue weighted by molar-refractivity contribution is 8.04. The van der Waals surface area contributed by atoms with E-state index in [1.54, 1.807) is 24.1 Å².